The van der Waals surface area contributed by atoms with Gasteiger partial charge in [-0.3, -0.25) is 0 Å². The molecule has 38 heavy (non-hydrogen) atoms. The minimum atomic E-state index is 0.905. The van der Waals surface area contributed by atoms with Gasteiger partial charge in [0.25, 0.3) is 0 Å². The number of nitrogens with zero attached hydrogens (tertiary/aromatic N) is 2. The highest BCUT2D eigenvalue weighted by molar-refractivity contribution is 5.92. The van der Waals surface area contributed by atoms with E-state index in [-0.39, 0.29) is 0 Å². The summed E-state index contributed by atoms with van der Waals surface area (Å²) in [6.07, 6.45) is 12.5. The van der Waals surface area contributed by atoms with Crippen LogP contribution in [-0.2, 0) is 0 Å². The van der Waals surface area contributed by atoms with Crippen LogP contribution in [0.25, 0.3) is 69.6 Å². The van der Waals surface area contributed by atoms with Crippen LogP contribution in [0.2, 0.25) is 0 Å². The van der Waals surface area contributed by atoms with E-state index in [1.165, 1.54) is 5.56 Å². The van der Waals surface area contributed by atoms with Gasteiger partial charge in [0.2, 0.25) is 0 Å². The summed E-state index contributed by atoms with van der Waals surface area (Å²) in [4.78, 5) is 16.7. The quantitative estimate of drug-likeness (QED) is 0.245. The SMILES string of the molecule is C(=Cc1ccccc1-c1cc2cc3nc(cc4ccc(cc5nc(cc1[nH]2)C=C5)[nH]4)C=C3)c1ccccc1. The molecule has 2 aliphatic rings. The lowest BCUT2D eigenvalue weighted by Crippen LogP contribution is -1.82. The second-order valence-electron chi connectivity index (χ2n) is 9.42. The maximum atomic E-state index is 4.85. The number of aromatic amines is 2. The predicted octanol–water partition coefficient (Wildman–Crippen LogP) is 8.49. The highest BCUT2D eigenvalue weighted by Crippen LogP contribution is 2.31. The highest BCUT2D eigenvalue weighted by atomic mass is 14.8. The number of hydrogen-bond donors (Lipinski definition) is 2. The van der Waals surface area contributed by atoms with Crippen LogP contribution in [-0.4, -0.2) is 19.9 Å². The summed E-state index contributed by atoms with van der Waals surface area (Å²) in [5, 5.41) is 0. The van der Waals surface area contributed by atoms with Gasteiger partial charge in [0.15, 0.2) is 0 Å². The summed E-state index contributed by atoms with van der Waals surface area (Å²) in [5.41, 5.74) is 12.3. The van der Waals surface area contributed by atoms with E-state index in [4.69, 9.17) is 9.97 Å². The topological polar surface area (TPSA) is 57.4 Å². The number of H-pyrrole nitrogens is 2. The van der Waals surface area contributed by atoms with E-state index in [2.05, 4.69) is 119 Å². The molecule has 0 unspecified atom stereocenters. The molecule has 2 aromatic carbocycles. The van der Waals surface area contributed by atoms with Crippen LogP contribution < -0.4 is 0 Å². The van der Waals surface area contributed by atoms with E-state index < -0.39 is 0 Å². The molecule has 0 saturated carbocycles. The van der Waals surface area contributed by atoms with Gasteiger partial charge in [-0.25, -0.2) is 9.97 Å². The molecule has 3 aromatic heterocycles. The first-order chi connectivity index (χ1) is 18.7. The van der Waals surface area contributed by atoms with E-state index in [9.17, 15) is 0 Å². The third kappa shape index (κ3) is 4.51. The van der Waals surface area contributed by atoms with Crippen molar-refractivity contribution in [3.63, 3.8) is 0 Å². The van der Waals surface area contributed by atoms with E-state index >= 15 is 0 Å². The Hall–Kier alpha value is -5.22. The fourth-order valence-electron chi connectivity index (χ4n) is 4.88. The van der Waals surface area contributed by atoms with Crippen molar-refractivity contribution >= 4 is 58.5 Å². The van der Waals surface area contributed by atoms with Crippen molar-refractivity contribution in [2.45, 2.75) is 0 Å². The number of hydrogen-bond acceptors (Lipinski definition) is 2. The Balaban J connectivity index is 1.45. The maximum absolute atomic E-state index is 4.85. The summed E-state index contributed by atoms with van der Waals surface area (Å²) >= 11 is 0. The Kier molecular flexibility index (Phi) is 5.41. The molecular formula is C34H24N4. The predicted molar refractivity (Wildman–Crippen MR) is 160 cm³/mol. The van der Waals surface area contributed by atoms with Crippen molar-refractivity contribution in [3.05, 3.63) is 131 Å². The third-order valence-corrected chi connectivity index (χ3v) is 6.67. The molecule has 7 rings (SSSR count). The van der Waals surface area contributed by atoms with Crippen LogP contribution in [0.3, 0.4) is 0 Å². The molecule has 0 fully saturated rings. The number of aromatic nitrogens is 4. The van der Waals surface area contributed by atoms with Crippen molar-refractivity contribution < 1.29 is 0 Å². The van der Waals surface area contributed by atoms with Crippen LogP contribution >= 0.6 is 0 Å². The minimum absolute atomic E-state index is 0.905. The maximum Gasteiger partial charge on any atom is 0.0658 e. The number of rotatable bonds is 3. The molecule has 0 radical (unpaired) electrons. The van der Waals surface area contributed by atoms with Gasteiger partial charge in [0.05, 0.1) is 22.8 Å². The van der Waals surface area contributed by atoms with E-state index in [0.29, 0.717) is 0 Å². The highest BCUT2D eigenvalue weighted by Gasteiger charge is 2.09. The van der Waals surface area contributed by atoms with Crippen molar-refractivity contribution in [2.75, 3.05) is 0 Å². The molecular weight excluding hydrogens is 464 g/mol. The molecule has 0 saturated heterocycles. The molecule has 180 valence electrons. The fraction of sp³-hybridized carbons (Fsp3) is 0. The van der Waals surface area contributed by atoms with E-state index in [1.807, 2.05) is 24.3 Å². The summed E-state index contributed by atoms with van der Waals surface area (Å²) < 4.78 is 0. The van der Waals surface area contributed by atoms with Crippen LogP contribution in [0.4, 0.5) is 0 Å². The lowest BCUT2D eigenvalue weighted by atomic mass is 9.99. The van der Waals surface area contributed by atoms with Crippen LogP contribution in [0, 0.1) is 0 Å². The first-order valence-electron chi connectivity index (χ1n) is 12.7. The minimum Gasteiger partial charge on any atom is -0.355 e. The van der Waals surface area contributed by atoms with Crippen LogP contribution in [0.1, 0.15) is 33.9 Å². The van der Waals surface area contributed by atoms with Gasteiger partial charge in [-0.1, -0.05) is 66.7 Å². The van der Waals surface area contributed by atoms with E-state index in [0.717, 1.165) is 61.5 Å². The summed E-state index contributed by atoms with van der Waals surface area (Å²) in [6.45, 7) is 0. The standard InChI is InChI=1S/C34H24N4/c1-2-6-23(7-3-1)10-11-24-8-4-5-9-32(24)33-21-31-20-29-15-14-27(36-29)18-25-12-13-26(35-25)19-28-16-17-30(37-28)22-34(33)38-31/h1-22,35,38H. The van der Waals surface area contributed by atoms with E-state index in [1.54, 1.807) is 0 Å². The third-order valence-electron chi connectivity index (χ3n) is 6.67. The number of nitrogens with one attached hydrogen (secondary N) is 2. The van der Waals surface area contributed by atoms with Gasteiger partial charge < -0.3 is 9.97 Å². The Morgan fingerprint density at radius 1 is 0.474 bits per heavy atom. The lowest BCUT2D eigenvalue weighted by Gasteiger charge is -2.05. The zero-order valence-electron chi connectivity index (χ0n) is 20.6. The van der Waals surface area contributed by atoms with Gasteiger partial charge in [0.1, 0.15) is 0 Å². The van der Waals surface area contributed by atoms with Crippen molar-refractivity contribution in [2.24, 2.45) is 0 Å². The summed E-state index contributed by atoms with van der Waals surface area (Å²) in [5.74, 6) is 0. The average Bonchev–Trinajstić information content (AvgIpc) is 3.74. The molecule has 5 heterocycles. The molecule has 0 atom stereocenters. The van der Waals surface area contributed by atoms with Gasteiger partial charge >= 0.3 is 0 Å². The molecule has 0 aliphatic carbocycles. The monoisotopic (exact) mass is 488 g/mol. The molecule has 8 bridgehead atoms. The zero-order valence-corrected chi connectivity index (χ0v) is 20.6. The second kappa shape index (κ2) is 9.34. The van der Waals surface area contributed by atoms with Gasteiger partial charge in [-0.05, 0) is 83.5 Å². The van der Waals surface area contributed by atoms with Gasteiger partial charge in [0, 0.05) is 27.6 Å². The average molecular weight is 489 g/mol. The Morgan fingerprint density at radius 3 is 1.79 bits per heavy atom. The number of fused-ring (bicyclic) bond motifs is 8. The fourth-order valence-corrected chi connectivity index (χ4v) is 4.88. The molecule has 4 heteroatoms. The largest absolute Gasteiger partial charge is 0.355 e. The van der Waals surface area contributed by atoms with Crippen molar-refractivity contribution in [1.29, 1.82) is 0 Å². The molecule has 5 aromatic rings. The van der Waals surface area contributed by atoms with Crippen LogP contribution in [0.5, 0.6) is 0 Å². The summed E-state index contributed by atoms with van der Waals surface area (Å²) in [7, 11) is 0. The second-order valence-corrected chi connectivity index (χ2v) is 9.42. The van der Waals surface area contributed by atoms with Crippen molar-refractivity contribution in [3.8, 4) is 11.1 Å². The molecule has 2 N–H and O–H groups in total. The first kappa shape index (κ1) is 22.0. The molecule has 4 nitrogen and oxygen atoms in total. The molecule has 2 aliphatic heterocycles. The Morgan fingerprint density at radius 2 is 1.08 bits per heavy atom. The zero-order chi connectivity index (χ0) is 25.3. The van der Waals surface area contributed by atoms with Crippen molar-refractivity contribution in [1.82, 2.24) is 19.9 Å². The van der Waals surface area contributed by atoms with Gasteiger partial charge in [-0.15, -0.1) is 0 Å². The number of benzene rings is 2. The Bertz CT molecular complexity index is 1920. The molecule has 0 spiro atoms. The molecule has 0 amide bonds. The van der Waals surface area contributed by atoms with Crippen LogP contribution in [0.15, 0.2) is 97.1 Å². The Labute approximate surface area is 220 Å². The smallest absolute Gasteiger partial charge is 0.0658 e. The summed E-state index contributed by atoms with van der Waals surface area (Å²) in [6, 6.07) is 33.5. The van der Waals surface area contributed by atoms with Gasteiger partial charge in [-0.2, -0.15) is 0 Å². The first-order valence-corrected chi connectivity index (χ1v) is 12.7. The lowest BCUT2D eigenvalue weighted by molar-refractivity contribution is 1.31. The normalized spacial score (nSPS) is 12.4.